The molecule has 2 aliphatic heterocycles. The quantitative estimate of drug-likeness (QED) is 0.520. The number of H-pyrrole nitrogens is 1. The zero-order chi connectivity index (χ0) is 24.6. The van der Waals surface area contributed by atoms with Crippen molar-refractivity contribution >= 4 is 32.8 Å². The molecule has 1 N–H and O–H groups in total. The lowest BCUT2D eigenvalue weighted by atomic mass is 9.93. The average Bonchev–Trinajstić information content (AvgIpc) is 3.63. The molecule has 3 aromatic rings. The van der Waals surface area contributed by atoms with Crippen molar-refractivity contribution in [1.82, 2.24) is 14.2 Å². The number of nitrogens with one attached hydrogen (secondary N) is 1. The second kappa shape index (κ2) is 9.50. The van der Waals surface area contributed by atoms with Crippen LogP contribution in [0.5, 0.6) is 0 Å². The van der Waals surface area contributed by atoms with Crippen molar-refractivity contribution in [2.75, 3.05) is 26.2 Å². The van der Waals surface area contributed by atoms with Crippen LogP contribution < -0.4 is 0 Å². The van der Waals surface area contributed by atoms with Crippen LogP contribution in [0, 0.1) is 0 Å². The number of aromatic nitrogens is 1. The number of para-hydroxylation sites is 1. The maximum atomic E-state index is 13.4. The predicted octanol–water partition coefficient (Wildman–Crippen LogP) is 3.50. The molecule has 9 nitrogen and oxygen atoms in total. The van der Waals surface area contributed by atoms with E-state index >= 15 is 0 Å². The fraction of sp³-hybridized carbons (Fsp3) is 0.440. The molecule has 2 aromatic heterocycles. The number of piperidine rings is 1. The van der Waals surface area contributed by atoms with Gasteiger partial charge >= 0.3 is 5.97 Å². The Bertz CT molecular complexity index is 1300. The lowest BCUT2D eigenvalue weighted by Crippen LogP contribution is -2.49. The first-order valence-electron chi connectivity index (χ1n) is 12.0. The van der Waals surface area contributed by atoms with E-state index in [1.807, 2.05) is 12.1 Å². The number of esters is 1. The third-order valence-corrected chi connectivity index (χ3v) is 8.69. The van der Waals surface area contributed by atoms with Gasteiger partial charge in [0, 0.05) is 36.8 Å². The van der Waals surface area contributed by atoms with E-state index in [9.17, 15) is 18.0 Å². The van der Waals surface area contributed by atoms with Gasteiger partial charge in [0.15, 0.2) is 0 Å². The Balaban J connectivity index is 1.26. The van der Waals surface area contributed by atoms with Crippen LogP contribution in [0.15, 0.2) is 52.0 Å². The molecule has 186 valence electrons. The van der Waals surface area contributed by atoms with E-state index < -0.39 is 22.0 Å². The Morgan fingerprint density at radius 3 is 2.60 bits per heavy atom. The molecule has 2 aliphatic rings. The third-order valence-electron chi connectivity index (χ3n) is 6.91. The number of carbonyl (C=O) groups is 2. The van der Waals surface area contributed by atoms with Crippen molar-refractivity contribution in [3.63, 3.8) is 0 Å². The van der Waals surface area contributed by atoms with Crippen molar-refractivity contribution in [1.29, 1.82) is 0 Å². The minimum absolute atomic E-state index is 0.154. The van der Waals surface area contributed by atoms with Gasteiger partial charge < -0.3 is 19.0 Å². The summed E-state index contributed by atoms with van der Waals surface area (Å²) in [6.45, 7) is 3.21. The van der Waals surface area contributed by atoms with Gasteiger partial charge in [-0.15, -0.1) is 0 Å². The largest absolute Gasteiger partial charge is 0.460 e. The number of aromatic amines is 1. The first kappa shape index (κ1) is 23.6. The third kappa shape index (κ3) is 4.48. The Morgan fingerprint density at radius 1 is 1.09 bits per heavy atom. The van der Waals surface area contributed by atoms with Crippen LogP contribution in [0.1, 0.15) is 54.8 Å². The maximum Gasteiger partial charge on any atom is 0.374 e. The van der Waals surface area contributed by atoms with E-state index in [1.54, 1.807) is 11.8 Å². The summed E-state index contributed by atoms with van der Waals surface area (Å²) in [5.74, 6) is -0.731. The zero-order valence-corrected chi connectivity index (χ0v) is 20.4. The second-order valence-electron chi connectivity index (χ2n) is 9.02. The molecule has 35 heavy (non-hydrogen) atoms. The summed E-state index contributed by atoms with van der Waals surface area (Å²) in [5.41, 5.74) is 2.29. The molecule has 2 fully saturated rings. The van der Waals surface area contributed by atoms with Crippen LogP contribution in [0.3, 0.4) is 0 Å². The molecule has 0 aliphatic carbocycles. The van der Waals surface area contributed by atoms with Crippen molar-refractivity contribution in [3.05, 3.63) is 53.9 Å². The van der Waals surface area contributed by atoms with Gasteiger partial charge in [0.25, 0.3) is 10.0 Å². The Morgan fingerprint density at radius 2 is 1.86 bits per heavy atom. The molecule has 1 unspecified atom stereocenters. The van der Waals surface area contributed by atoms with Crippen LogP contribution in [0.2, 0.25) is 0 Å². The van der Waals surface area contributed by atoms with Crippen molar-refractivity contribution in [2.24, 2.45) is 0 Å². The summed E-state index contributed by atoms with van der Waals surface area (Å²) >= 11 is 0. The Hall–Kier alpha value is -3.11. The molecule has 2 saturated heterocycles. The lowest BCUT2D eigenvalue weighted by molar-refractivity contribution is -0.135. The monoisotopic (exact) mass is 499 g/mol. The molecule has 5 rings (SSSR count). The highest BCUT2D eigenvalue weighted by atomic mass is 32.2. The number of hydrogen-bond acceptors (Lipinski definition) is 6. The maximum absolute atomic E-state index is 13.4. The number of hydrogen-bond donors (Lipinski definition) is 1. The van der Waals surface area contributed by atoms with Crippen molar-refractivity contribution in [3.8, 4) is 0 Å². The number of rotatable bonds is 6. The molecule has 0 saturated carbocycles. The van der Waals surface area contributed by atoms with Crippen LogP contribution in [0.4, 0.5) is 0 Å². The number of nitrogens with zero attached hydrogens (tertiary/aromatic N) is 2. The minimum Gasteiger partial charge on any atom is -0.460 e. The second-order valence-corrected chi connectivity index (χ2v) is 10.8. The molecule has 1 atom stereocenters. The summed E-state index contributed by atoms with van der Waals surface area (Å²) in [7, 11) is -4.06. The fourth-order valence-electron chi connectivity index (χ4n) is 5.10. The molecule has 0 radical (unpaired) electrons. The summed E-state index contributed by atoms with van der Waals surface area (Å²) in [4.78, 5) is 30.5. The van der Waals surface area contributed by atoms with Crippen LogP contribution in [0.25, 0.3) is 10.9 Å². The van der Waals surface area contributed by atoms with E-state index in [0.717, 1.165) is 18.4 Å². The number of amides is 1. The predicted molar refractivity (Wildman–Crippen MR) is 128 cm³/mol. The molecule has 10 heteroatoms. The highest BCUT2D eigenvalue weighted by Crippen LogP contribution is 2.33. The molecule has 4 heterocycles. The minimum atomic E-state index is -4.06. The first-order valence-corrected chi connectivity index (χ1v) is 13.5. The van der Waals surface area contributed by atoms with Gasteiger partial charge in [0.2, 0.25) is 16.8 Å². The molecular formula is C25H29N3O6S. The first-order chi connectivity index (χ1) is 16.9. The normalized spacial score (nSPS) is 19.9. The highest BCUT2D eigenvalue weighted by molar-refractivity contribution is 7.89. The van der Waals surface area contributed by atoms with E-state index in [0.29, 0.717) is 31.8 Å². The highest BCUT2D eigenvalue weighted by Gasteiger charge is 2.43. The van der Waals surface area contributed by atoms with Gasteiger partial charge in [-0.25, -0.2) is 13.2 Å². The van der Waals surface area contributed by atoms with Gasteiger partial charge in [-0.2, -0.15) is 4.31 Å². The van der Waals surface area contributed by atoms with Gasteiger partial charge in [0.05, 0.1) is 6.61 Å². The topological polar surface area (TPSA) is 113 Å². The molecule has 0 spiro atoms. The fourth-order valence-corrected chi connectivity index (χ4v) is 6.66. The van der Waals surface area contributed by atoms with E-state index in [4.69, 9.17) is 9.15 Å². The SMILES string of the molecule is CCOC(=O)c1ccc(S(=O)(=O)N2CCCC2C(=O)N2CCC(c3cc4ccccc4[nH]3)CC2)o1. The summed E-state index contributed by atoms with van der Waals surface area (Å²) in [5, 5.41) is 0.828. The van der Waals surface area contributed by atoms with Crippen molar-refractivity contribution in [2.45, 2.75) is 49.7 Å². The lowest BCUT2D eigenvalue weighted by Gasteiger charge is -2.34. The number of sulfonamides is 1. The van der Waals surface area contributed by atoms with Gasteiger partial charge in [-0.1, -0.05) is 18.2 Å². The van der Waals surface area contributed by atoms with Gasteiger partial charge in [-0.3, -0.25) is 4.79 Å². The number of likely N-dealkylation sites (tertiary alicyclic amines) is 1. The molecule has 1 aromatic carbocycles. The van der Waals surface area contributed by atoms with Crippen molar-refractivity contribution < 1.29 is 27.2 Å². The van der Waals surface area contributed by atoms with E-state index in [2.05, 4.69) is 23.2 Å². The van der Waals surface area contributed by atoms with Gasteiger partial charge in [-0.05, 0) is 62.3 Å². The van der Waals surface area contributed by atoms with E-state index in [-0.39, 0.29) is 29.9 Å². The van der Waals surface area contributed by atoms with Crippen LogP contribution in [-0.2, 0) is 19.6 Å². The number of ether oxygens (including phenoxy) is 1. The van der Waals surface area contributed by atoms with Gasteiger partial charge in [0.1, 0.15) is 6.04 Å². The Kier molecular flexibility index (Phi) is 6.41. The molecule has 1 amide bonds. The smallest absolute Gasteiger partial charge is 0.374 e. The summed E-state index contributed by atoms with van der Waals surface area (Å²) < 4.78 is 37.9. The molecular weight excluding hydrogens is 470 g/mol. The number of fused-ring (bicyclic) bond motifs is 1. The van der Waals surface area contributed by atoms with E-state index in [1.165, 1.54) is 27.5 Å². The standard InChI is InChI=1S/C25H29N3O6S/c1-2-33-25(30)22-9-10-23(34-22)35(31,32)28-13-5-8-21(28)24(29)27-14-11-17(12-15-27)20-16-18-6-3-4-7-19(18)26-20/h3-4,6-7,9-10,16-17,21,26H,2,5,8,11-15H2,1H3. The zero-order valence-electron chi connectivity index (χ0n) is 19.6. The van der Waals surface area contributed by atoms with Crippen LogP contribution >= 0.6 is 0 Å². The average molecular weight is 500 g/mol. The summed E-state index contributed by atoms with van der Waals surface area (Å²) in [6.07, 6.45) is 2.69. The number of furan rings is 1. The van der Waals surface area contributed by atoms with Crippen LogP contribution in [-0.4, -0.2) is 66.8 Å². The summed E-state index contributed by atoms with van der Waals surface area (Å²) in [6, 6.07) is 12.1. The number of carbonyl (C=O) groups excluding carboxylic acids is 2. The Labute approximate surface area is 204 Å². The molecule has 0 bridgehead atoms. The number of benzene rings is 1.